The molecule has 2 unspecified atom stereocenters. The number of amides is 12. The Bertz CT molecular complexity index is 3380. The highest BCUT2D eigenvalue weighted by molar-refractivity contribution is 6.30. The molecule has 562 valence electrons. The average molecular weight is 1440 g/mol. The van der Waals surface area contributed by atoms with Gasteiger partial charge in [0, 0.05) is 73.2 Å². The molecule has 0 radical (unpaired) electrons. The molecule has 6 N–H and O–H groups in total. The average Bonchev–Trinajstić information content (AvgIpc) is 0.817. The summed E-state index contributed by atoms with van der Waals surface area (Å²) in [7, 11) is 8.05. The zero-order chi connectivity index (χ0) is 76.2. The van der Waals surface area contributed by atoms with Gasteiger partial charge in [-0.15, -0.1) is 0 Å². The van der Waals surface area contributed by atoms with Crippen molar-refractivity contribution < 1.29 is 72.1 Å². The highest BCUT2D eigenvalue weighted by Crippen LogP contribution is 2.24. The van der Waals surface area contributed by atoms with Crippen LogP contribution in [-0.4, -0.2) is 258 Å². The van der Waals surface area contributed by atoms with Gasteiger partial charge in [-0.25, -0.2) is 0 Å². The van der Waals surface area contributed by atoms with E-state index in [0.29, 0.717) is 37.1 Å². The molecule has 2 heterocycles. The Balaban J connectivity index is 1.68. The summed E-state index contributed by atoms with van der Waals surface area (Å²) in [6.45, 7) is 17.1. The molecule has 11 atom stereocenters. The number of aliphatic hydroxyl groups excluding tert-OH is 1. The molecule has 28 heteroatoms. The number of aliphatic hydroxyl groups is 1. The number of hydrogen-bond acceptors (Lipinski definition) is 15. The normalized spacial score (nSPS) is 24.7. The second-order valence-corrected chi connectivity index (χ2v) is 29.3. The maximum Gasteiger partial charge on any atom is 0.249 e. The van der Waals surface area contributed by atoms with Gasteiger partial charge < -0.3 is 75.5 Å². The van der Waals surface area contributed by atoms with Crippen molar-refractivity contribution in [3.63, 3.8) is 0 Å². The van der Waals surface area contributed by atoms with Crippen LogP contribution < -0.4 is 31.3 Å². The Morgan fingerprint density at radius 3 is 1.58 bits per heavy atom. The van der Waals surface area contributed by atoms with Crippen LogP contribution in [0.5, 0.6) is 5.75 Å². The van der Waals surface area contributed by atoms with Crippen molar-refractivity contribution in [2.45, 2.75) is 193 Å². The molecule has 12 amide bonds. The van der Waals surface area contributed by atoms with Crippen molar-refractivity contribution in [2.24, 2.45) is 17.8 Å². The van der Waals surface area contributed by atoms with Gasteiger partial charge >= 0.3 is 0 Å². The lowest BCUT2D eigenvalue weighted by Crippen LogP contribution is -2.63. The number of likely N-dealkylation sites (N-methyl/N-ethyl adjacent to an activating group) is 6. The van der Waals surface area contributed by atoms with Gasteiger partial charge in [-0.05, 0) is 107 Å². The number of benzene rings is 3. The zero-order valence-electron chi connectivity index (χ0n) is 62.3. The number of carbonyl (C=O) groups excluding carboxylic acids is 12. The number of ether oxygens (including phenoxy) is 2. The van der Waals surface area contributed by atoms with Crippen molar-refractivity contribution >= 4 is 82.5 Å². The first-order chi connectivity index (χ1) is 47.8. The molecule has 0 aliphatic carbocycles. The fourth-order valence-electron chi connectivity index (χ4n) is 12.5. The number of piperidine rings is 1. The van der Waals surface area contributed by atoms with Crippen LogP contribution in [0.25, 0.3) is 0 Å². The summed E-state index contributed by atoms with van der Waals surface area (Å²) in [5.41, 5.74) is 0.340. The Hall–Kier alpha value is -8.69. The number of hydrogen-bond donors (Lipinski definition) is 6. The zero-order valence-corrected chi connectivity index (χ0v) is 63.1. The van der Waals surface area contributed by atoms with Crippen LogP contribution in [0.3, 0.4) is 0 Å². The summed E-state index contributed by atoms with van der Waals surface area (Å²) in [5.74, 6) is -11.0. The Labute approximate surface area is 605 Å². The van der Waals surface area contributed by atoms with Crippen LogP contribution in [0.1, 0.15) is 119 Å². The van der Waals surface area contributed by atoms with Gasteiger partial charge in [-0.2, -0.15) is 0 Å². The number of carbonyl (C=O) groups is 12. The van der Waals surface area contributed by atoms with Crippen LogP contribution in [0.4, 0.5) is 0 Å². The topological polar surface area (TPSA) is 326 Å². The van der Waals surface area contributed by atoms with E-state index in [-0.39, 0.29) is 36.0 Å². The summed E-state index contributed by atoms with van der Waals surface area (Å²) in [5, 5.41) is 25.2. The lowest BCUT2D eigenvalue weighted by Gasteiger charge is -2.38. The molecule has 2 fully saturated rings. The molecule has 3 aromatic rings. The molecule has 27 nitrogen and oxygen atoms in total. The first kappa shape index (κ1) is 84.0. The summed E-state index contributed by atoms with van der Waals surface area (Å²) in [6, 6.07) is 9.16. The molecule has 0 saturated carbocycles. The number of rotatable bonds is 15. The highest BCUT2D eigenvalue weighted by atomic mass is 35.5. The molecule has 0 bridgehead atoms. The van der Waals surface area contributed by atoms with Gasteiger partial charge in [0.2, 0.25) is 70.9 Å². The monoisotopic (exact) mass is 1440 g/mol. The van der Waals surface area contributed by atoms with Crippen LogP contribution in [0.2, 0.25) is 5.02 Å². The van der Waals surface area contributed by atoms with Crippen LogP contribution in [0, 0.1) is 17.8 Å². The summed E-state index contributed by atoms with van der Waals surface area (Å²) < 4.78 is 12.3. The third-order valence-corrected chi connectivity index (χ3v) is 18.5. The van der Waals surface area contributed by atoms with Crippen LogP contribution in [-0.2, 0) is 75.1 Å². The van der Waals surface area contributed by atoms with Crippen molar-refractivity contribution in [2.75, 3.05) is 75.1 Å². The van der Waals surface area contributed by atoms with Gasteiger partial charge in [0.25, 0.3) is 0 Å². The molecule has 102 heavy (non-hydrogen) atoms. The molecular formula is C74H109ClN12O15. The summed E-state index contributed by atoms with van der Waals surface area (Å²) in [6.07, 6.45) is -0.295. The second-order valence-electron chi connectivity index (χ2n) is 28.9. The number of nitrogens with zero attached hydrogens (tertiary/aromatic N) is 7. The van der Waals surface area contributed by atoms with E-state index in [2.05, 4.69) is 26.6 Å². The van der Waals surface area contributed by atoms with Crippen molar-refractivity contribution in [1.29, 1.82) is 0 Å². The first-order valence-corrected chi connectivity index (χ1v) is 35.4. The largest absolute Gasteiger partial charge is 0.491 e. The highest BCUT2D eigenvalue weighted by Gasteiger charge is 2.44. The van der Waals surface area contributed by atoms with E-state index in [0.717, 1.165) is 26.0 Å². The van der Waals surface area contributed by atoms with E-state index in [4.69, 9.17) is 21.1 Å². The second kappa shape index (κ2) is 38.5. The fraction of sp³-hybridized carbons (Fsp3) is 0.595. The fourth-order valence-corrected chi connectivity index (χ4v) is 12.7. The molecule has 3 aromatic carbocycles. The minimum absolute atomic E-state index is 0.0485. The van der Waals surface area contributed by atoms with E-state index in [9.17, 15) is 38.7 Å². The summed E-state index contributed by atoms with van der Waals surface area (Å²) in [4.78, 5) is 187. The predicted octanol–water partition coefficient (Wildman–Crippen LogP) is 3.21. The standard InChI is InChI=1S/C74H109ClN12O15/c1-44(2)36-56-64(91)79-55(43-102-74(9,10)11)69(96)84(15)58(38-50-30-23-19-24-31-50)72(99)86(17)62(45(3)4)66(93)77-53(71(98)87-34-25-20-26-35-87)40-59(89)76-47(7)68(95)83(14)57(37-49-28-21-18-22-29-49)65(92)78-54(42-101-52-33-27-32-51(75)39-52)70(97)85(16)63(46(5)6)67(94)80-61(48(8)88)73(100)81(12)41-60(90)82(56)13/h18-19,21-24,27-33,39,44-48,53-58,61-63,88H,20,25-26,34-38,40-43H2,1-17H3,(H,76,89)(H,77,93)(H,78,92)(H,79,91)(H,80,94)/t47-,48-,53+,54?,55+,56+,57+,58+,61?,62+,63+/m1/s1. The van der Waals surface area contributed by atoms with Gasteiger partial charge in [-0.1, -0.05) is 120 Å². The first-order valence-electron chi connectivity index (χ1n) is 35.0. The molecule has 5 rings (SSSR count). The van der Waals surface area contributed by atoms with Crippen LogP contribution in [0.15, 0.2) is 84.9 Å². The molecule has 2 aliphatic heterocycles. The maximum atomic E-state index is 15.5. The van der Waals surface area contributed by atoms with E-state index in [1.165, 1.54) is 72.0 Å². The van der Waals surface area contributed by atoms with Gasteiger partial charge in [0.1, 0.15) is 72.8 Å². The van der Waals surface area contributed by atoms with Gasteiger partial charge in [0.15, 0.2) is 0 Å². The Kier molecular flexibility index (Phi) is 31.7. The van der Waals surface area contributed by atoms with E-state index >= 15 is 24.0 Å². The van der Waals surface area contributed by atoms with Crippen molar-refractivity contribution in [3.05, 3.63) is 101 Å². The lowest BCUT2D eigenvalue weighted by molar-refractivity contribution is -0.152. The number of halogens is 1. The van der Waals surface area contributed by atoms with Crippen molar-refractivity contribution in [3.8, 4) is 5.75 Å². The van der Waals surface area contributed by atoms with E-state index in [1.54, 1.807) is 132 Å². The number of nitrogens with one attached hydrogen (secondary N) is 5. The third kappa shape index (κ3) is 24.0. The van der Waals surface area contributed by atoms with Crippen LogP contribution >= 0.6 is 11.6 Å². The van der Waals surface area contributed by atoms with Crippen molar-refractivity contribution in [1.82, 2.24) is 60.9 Å². The molecular weight excluding hydrogens is 1330 g/mol. The van der Waals surface area contributed by atoms with Gasteiger partial charge in [0.05, 0.1) is 31.3 Å². The molecule has 0 spiro atoms. The summed E-state index contributed by atoms with van der Waals surface area (Å²) >= 11 is 6.33. The quantitative estimate of drug-likeness (QED) is 0.127. The maximum absolute atomic E-state index is 15.5. The molecule has 0 aromatic heterocycles. The molecule has 2 saturated heterocycles. The van der Waals surface area contributed by atoms with E-state index < -0.39 is 181 Å². The minimum atomic E-state index is -1.72. The predicted molar refractivity (Wildman–Crippen MR) is 385 cm³/mol. The van der Waals surface area contributed by atoms with Gasteiger partial charge in [-0.3, -0.25) is 57.5 Å². The third-order valence-electron chi connectivity index (χ3n) is 18.3. The van der Waals surface area contributed by atoms with E-state index in [1.807, 2.05) is 13.8 Å². The lowest BCUT2D eigenvalue weighted by atomic mass is 9.97. The Morgan fingerprint density at radius 2 is 1.06 bits per heavy atom. The molecule has 2 aliphatic rings. The number of likely N-dealkylation sites (tertiary alicyclic amines) is 1. The Morgan fingerprint density at radius 1 is 0.559 bits per heavy atom. The smallest absolute Gasteiger partial charge is 0.249 e. The SMILES string of the molecule is CC(C)C[C@H]1C(=O)N[C@@H](COC(C)(C)C)C(=O)N(C)[C@@H](Cc2ccccc2)C(=O)N(C)[C@@H](C(C)C)C(=O)N[C@H](C(=O)N2CCCCC2)CC(=O)N[C@H](C)C(=O)N(C)[C@@H](Cc2ccccc2)C(=O)NC(COc2cccc(Cl)c2)C(=O)N(C)[C@@H](C(C)C)C(=O)NC([C@@H](C)O)C(=O)N(C)CC(=O)N1C. The minimum Gasteiger partial charge on any atom is -0.491 e.